The summed E-state index contributed by atoms with van der Waals surface area (Å²) in [7, 11) is 0. The first-order valence-electron chi connectivity index (χ1n) is 10.7. The Morgan fingerprint density at radius 2 is 1.44 bits per heavy atom. The average Bonchev–Trinajstić information content (AvgIpc) is 3.25. The fraction of sp³-hybridized carbons (Fsp3) is 0.111. The van der Waals surface area contributed by atoms with Crippen molar-refractivity contribution in [2.75, 3.05) is 11.9 Å². The quantitative estimate of drug-likeness (QED) is 0.313. The minimum absolute atomic E-state index is 0.794. The van der Waals surface area contributed by atoms with Gasteiger partial charge in [-0.05, 0) is 36.2 Å². The van der Waals surface area contributed by atoms with E-state index in [1.165, 1.54) is 0 Å². The normalized spacial score (nSPS) is 10.4. The van der Waals surface area contributed by atoms with Gasteiger partial charge >= 0.3 is 0 Å². The van der Waals surface area contributed by atoms with Crippen LogP contribution >= 0.6 is 11.6 Å². The summed E-state index contributed by atoms with van der Waals surface area (Å²) in [5.74, 6) is 0.889. The largest absolute Gasteiger partial charge is 0.369 e. The Kier molecular flexibility index (Phi) is 7.15. The predicted octanol–water partition coefficient (Wildman–Crippen LogP) is 7.25. The summed E-state index contributed by atoms with van der Waals surface area (Å²) in [5, 5.41) is 5.30. The third-order valence-electron chi connectivity index (χ3n) is 4.98. The van der Waals surface area contributed by atoms with Crippen molar-refractivity contribution in [1.29, 1.82) is 0 Å². The number of hydrogen-bond donors (Lipinski definition) is 1. The molecular weight excluding hydrogens is 416 g/mol. The molecule has 0 fully saturated rings. The maximum Gasteiger partial charge on any atom is 0.150 e. The Morgan fingerprint density at radius 3 is 2.03 bits per heavy atom. The van der Waals surface area contributed by atoms with E-state index in [-0.39, 0.29) is 0 Å². The van der Waals surface area contributed by atoms with Gasteiger partial charge in [0.05, 0.1) is 5.39 Å². The van der Waals surface area contributed by atoms with Crippen LogP contribution in [0.25, 0.3) is 27.8 Å². The van der Waals surface area contributed by atoms with Gasteiger partial charge in [-0.15, -0.1) is 0 Å². The molecule has 0 atom stereocenters. The van der Waals surface area contributed by atoms with Crippen LogP contribution in [-0.2, 0) is 0 Å². The molecule has 32 heavy (non-hydrogen) atoms. The highest BCUT2D eigenvalue weighted by Gasteiger charge is 2.16. The SMILES string of the molecule is CCCNc1ncnc2c1c(-c1ccccc1)cn2-c1ccccc1.Clc1ccccc1. The zero-order valence-corrected chi connectivity index (χ0v) is 18.7. The standard InChI is InChI=1S/C21H20N4.C6H5Cl/c1-2-13-22-20-19-18(16-9-5-3-6-10-16)14-25(21(19)24-15-23-20)17-11-7-4-8-12-17;7-6-4-2-1-3-5-6/h3-12,14-15H,2,13H2,1H3,(H,22,23,24);1-5H. The van der Waals surface area contributed by atoms with Crippen LogP contribution in [0.2, 0.25) is 5.02 Å². The molecule has 5 rings (SSSR count). The maximum atomic E-state index is 5.54. The summed E-state index contributed by atoms with van der Waals surface area (Å²) in [4.78, 5) is 9.09. The number of benzene rings is 3. The number of fused-ring (bicyclic) bond motifs is 1. The van der Waals surface area contributed by atoms with Gasteiger partial charge in [-0.1, -0.05) is 85.3 Å². The third-order valence-corrected chi connectivity index (χ3v) is 5.23. The van der Waals surface area contributed by atoms with E-state index in [0.29, 0.717) is 0 Å². The number of aromatic nitrogens is 3. The van der Waals surface area contributed by atoms with E-state index in [1.807, 2.05) is 54.6 Å². The number of nitrogens with one attached hydrogen (secondary N) is 1. The number of para-hydroxylation sites is 1. The predicted molar refractivity (Wildman–Crippen MR) is 135 cm³/mol. The molecule has 1 N–H and O–H groups in total. The first-order chi connectivity index (χ1) is 15.8. The molecule has 0 aliphatic rings. The summed E-state index contributed by atoms with van der Waals surface area (Å²) in [5.41, 5.74) is 4.31. The van der Waals surface area contributed by atoms with E-state index < -0.39 is 0 Å². The van der Waals surface area contributed by atoms with Crippen molar-refractivity contribution in [2.45, 2.75) is 13.3 Å². The van der Waals surface area contributed by atoms with E-state index >= 15 is 0 Å². The van der Waals surface area contributed by atoms with E-state index in [4.69, 9.17) is 11.6 Å². The molecule has 3 aromatic carbocycles. The minimum Gasteiger partial charge on any atom is -0.369 e. The van der Waals surface area contributed by atoms with E-state index in [9.17, 15) is 0 Å². The second-order valence-electron chi connectivity index (χ2n) is 7.26. The van der Waals surface area contributed by atoms with Crippen LogP contribution in [0.5, 0.6) is 0 Å². The summed E-state index contributed by atoms with van der Waals surface area (Å²) in [6.45, 7) is 3.04. The maximum absolute atomic E-state index is 5.54. The fourth-order valence-electron chi connectivity index (χ4n) is 3.48. The molecule has 0 aliphatic carbocycles. The van der Waals surface area contributed by atoms with Crippen molar-refractivity contribution in [3.05, 3.63) is 109 Å². The van der Waals surface area contributed by atoms with E-state index in [0.717, 1.165) is 51.7 Å². The van der Waals surface area contributed by atoms with Crippen LogP contribution in [0.3, 0.4) is 0 Å². The molecule has 4 nitrogen and oxygen atoms in total. The summed E-state index contributed by atoms with van der Waals surface area (Å²) in [6, 6.07) is 30.1. The van der Waals surface area contributed by atoms with Gasteiger partial charge < -0.3 is 9.88 Å². The molecule has 0 saturated carbocycles. The van der Waals surface area contributed by atoms with Crippen LogP contribution < -0.4 is 5.32 Å². The fourth-order valence-corrected chi connectivity index (χ4v) is 3.62. The first kappa shape index (κ1) is 21.6. The lowest BCUT2D eigenvalue weighted by Crippen LogP contribution is -2.03. The van der Waals surface area contributed by atoms with Crippen molar-refractivity contribution in [2.24, 2.45) is 0 Å². The van der Waals surface area contributed by atoms with E-state index in [2.05, 4.69) is 69.4 Å². The first-order valence-corrected chi connectivity index (χ1v) is 11.1. The molecule has 0 spiro atoms. The lowest BCUT2D eigenvalue weighted by molar-refractivity contribution is 0.968. The molecule has 160 valence electrons. The van der Waals surface area contributed by atoms with Crippen LogP contribution in [0, 0.1) is 0 Å². The number of hydrogen-bond acceptors (Lipinski definition) is 3. The highest BCUT2D eigenvalue weighted by atomic mass is 35.5. The Balaban J connectivity index is 0.000000300. The Hall–Kier alpha value is -3.63. The average molecular weight is 441 g/mol. The number of halogens is 1. The Morgan fingerprint density at radius 1 is 0.812 bits per heavy atom. The molecule has 2 aromatic heterocycles. The molecular formula is C27H25ClN4. The van der Waals surface area contributed by atoms with Gasteiger partial charge in [0.1, 0.15) is 12.1 Å². The molecule has 0 bridgehead atoms. The van der Waals surface area contributed by atoms with Crippen LogP contribution in [-0.4, -0.2) is 21.1 Å². The zero-order chi connectivity index (χ0) is 22.2. The summed E-state index contributed by atoms with van der Waals surface area (Å²) in [6.07, 6.45) is 4.83. The molecule has 0 amide bonds. The second-order valence-corrected chi connectivity index (χ2v) is 7.69. The number of anilines is 1. The molecule has 0 unspecified atom stereocenters. The highest BCUT2D eigenvalue weighted by molar-refractivity contribution is 6.30. The summed E-state index contributed by atoms with van der Waals surface area (Å²) < 4.78 is 2.14. The van der Waals surface area contributed by atoms with Crippen molar-refractivity contribution >= 4 is 28.5 Å². The van der Waals surface area contributed by atoms with Crippen molar-refractivity contribution in [1.82, 2.24) is 14.5 Å². The second kappa shape index (κ2) is 10.6. The summed E-state index contributed by atoms with van der Waals surface area (Å²) >= 11 is 5.54. The Bertz CT molecular complexity index is 1250. The van der Waals surface area contributed by atoms with Gasteiger partial charge in [0.2, 0.25) is 0 Å². The van der Waals surface area contributed by atoms with Gasteiger partial charge in [0.15, 0.2) is 5.65 Å². The van der Waals surface area contributed by atoms with Gasteiger partial charge in [-0.25, -0.2) is 9.97 Å². The van der Waals surface area contributed by atoms with Gasteiger partial charge in [0, 0.05) is 29.0 Å². The van der Waals surface area contributed by atoms with Crippen LogP contribution in [0.4, 0.5) is 5.82 Å². The number of rotatable bonds is 5. The molecule has 0 radical (unpaired) electrons. The molecule has 0 aliphatic heterocycles. The van der Waals surface area contributed by atoms with Gasteiger partial charge in [0.25, 0.3) is 0 Å². The smallest absolute Gasteiger partial charge is 0.150 e. The van der Waals surface area contributed by atoms with Crippen molar-refractivity contribution in [3.63, 3.8) is 0 Å². The van der Waals surface area contributed by atoms with Crippen LogP contribution in [0.1, 0.15) is 13.3 Å². The van der Waals surface area contributed by atoms with Crippen LogP contribution in [0.15, 0.2) is 104 Å². The monoisotopic (exact) mass is 440 g/mol. The van der Waals surface area contributed by atoms with Crippen molar-refractivity contribution in [3.8, 4) is 16.8 Å². The lowest BCUT2D eigenvalue weighted by atomic mass is 10.1. The van der Waals surface area contributed by atoms with Crippen molar-refractivity contribution < 1.29 is 0 Å². The zero-order valence-electron chi connectivity index (χ0n) is 17.9. The molecule has 0 saturated heterocycles. The van der Waals surface area contributed by atoms with Gasteiger partial charge in [-0.2, -0.15) is 0 Å². The molecule has 5 aromatic rings. The number of nitrogens with zero attached hydrogens (tertiary/aromatic N) is 3. The highest BCUT2D eigenvalue weighted by Crippen LogP contribution is 2.35. The minimum atomic E-state index is 0.794. The van der Waals surface area contributed by atoms with Gasteiger partial charge in [-0.3, -0.25) is 0 Å². The lowest BCUT2D eigenvalue weighted by Gasteiger charge is -2.07. The Labute approximate surface area is 193 Å². The molecule has 5 heteroatoms. The molecule has 2 heterocycles. The third kappa shape index (κ3) is 4.98. The van der Waals surface area contributed by atoms with E-state index in [1.54, 1.807) is 6.33 Å². The topological polar surface area (TPSA) is 42.7 Å².